The molecule has 0 fully saturated rings. The fourth-order valence-corrected chi connectivity index (χ4v) is 1.70. The molecule has 0 aromatic carbocycles. The minimum absolute atomic E-state index is 0.172. The van der Waals surface area contributed by atoms with Crippen LogP contribution in [0, 0.1) is 17.2 Å². The van der Waals surface area contributed by atoms with Crippen LogP contribution in [-0.2, 0) is 0 Å². The van der Waals surface area contributed by atoms with E-state index in [1.54, 1.807) is 6.08 Å². The summed E-state index contributed by atoms with van der Waals surface area (Å²) in [4.78, 5) is -0.172. The van der Waals surface area contributed by atoms with Crippen molar-refractivity contribution in [1.82, 2.24) is 0 Å². The average molecular weight is 196 g/mol. The Labute approximate surface area is 84.7 Å². The van der Waals surface area contributed by atoms with Gasteiger partial charge in [-0.3, -0.25) is 0 Å². The van der Waals surface area contributed by atoms with E-state index < -0.39 is 0 Å². The lowest BCUT2D eigenvalue weighted by Gasteiger charge is -2.28. The standard InChI is InChI=1S/C11H14ClN/c1-11(2,12)10-5-3-9(4-6-10)7-8-13/h3,5,7,10H,4,6H2,1-2H3/b9-7-. The van der Waals surface area contributed by atoms with Crippen LogP contribution in [-0.4, -0.2) is 4.87 Å². The number of nitrogens with zero attached hydrogens (tertiary/aromatic N) is 1. The molecule has 2 heteroatoms. The third-order valence-electron chi connectivity index (χ3n) is 2.42. The zero-order chi connectivity index (χ0) is 9.90. The molecule has 0 radical (unpaired) electrons. The molecule has 13 heavy (non-hydrogen) atoms. The molecule has 1 nitrogen and oxygen atoms in total. The molecule has 0 saturated heterocycles. The van der Waals surface area contributed by atoms with Crippen LogP contribution in [0.15, 0.2) is 23.8 Å². The quantitative estimate of drug-likeness (QED) is 0.465. The fourth-order valence-electron chi connectivity index (χ4n) is 1.52. The van der Waals surface area contributed by atoms with E-state index in [1.165, 1.54) is 0 Å². The van der Waals surface area contributed by atoms with E-state index in [2.05, 4.69) is 6.08 Å². The Morgan fingerprint density at radius 2 is 2.38 bits per heavy atom. The molecule has 1 unspecified atom stereocenters. The first-order valence-corrected chi connectivity index (χ1v) is 4.87. The van der Waals surface area contributed by atoms with Crippen molar-refractivity contribution in [2.45, 2.75) is 31.6 Å². The molecule has 0 bridgehead atoms. The van der Waals surface area contributed by atoms with Gasteiger partial charge in [0.2, 0.25) is 0 Å². The summed E-state index contributed by atoms with van der Waals surface area (Å²) in [5, 5.41) is 8.46. The Morgan fingerprint density at radius 1 is 1.69 bits per heavy atom. The van der Waals surface area contributed by atoms with Crippen molar-refractivity contribution < 1.29 is 0 Å². The highest BCUT2D eigenvalue weighted by Gasteiger charge is 2.26. The van der Waals surface area contributed by atoms with E-state index in [0.717, 1.165) is 18.4 Å². The molecular weight excluding hydrogens is 182 g/mol. The van der Waals surface area contributed by atoms with Crippen LogP contribution in [0.5, 0.6) is 0 Å². The van der Waals surface area contributed by atoms with Gasteiger partial charge in [-0.15, -0.1) is 11.6 Å². The van der Waals surface area contributed by atoms with Crippen LogP contribution in [0.1, 0.15) is 26.7 Å². The highest BCUT2D eigenvalue weighted by atomic mass is 35.5. The molecule has 1 aliphatic carbocycles. The van der Waals surface area contributed by atoms with Crippen LogP contribution in [0.2, 0.25) is 0 Å². The highest BCUT2D eigenvalue weighted by Crippen LogP contribution is 2.33. The van der Waals surface area contributed by atoms with E-state index in [4.69, 9.17) is 16.9 Å². The Kier molecular flexibility index (Phi) is 3.17. The second-order valence-corrected chi connectivity index (χ2v) is 4.89. The molecular formula is C11H14ClN. The van der Waals surface area contributed by atoms with Gasteiger partial charge in [-0.05, 0) is 38.2 Å². The monoisotopic (exact) mass is 195 g/mol. The Balaban J connectivity index is 2.69. The molecule has 0 aliphatic heterocycles. The van der Waals surface area contributed by atoms with Gasteiger partial charge in [0.15, 0.2) is 0 Å². The first-order chi connectivity index (χ1) is 6.04. The minimum atomic E-state index is -0.172. The highest BCUT2D eigenvalue weighted by molar-refractivity contribution is 6.23. The second kappa shape index (κ2) is 3.98. The summed E-state index contributed by atoms with van der Waals surface area (Å²) in [6.45, 7) is 4.06. The number of rotatable bonds is 1. The largest absolute Gasteiger partial charge is 0.193 e. The molecule has 0 aromatic rings. The van der Waals surface area contributed by atoms with Gasteiger partial charge >= 0.3 is 0 Å². The maximum absolute atomic E-state index is 8.46. The summed E-state index contributed by atoms with van der Waals surface area (Å²) in [7, 11) is 0. The first kappa shape index (κ1) is 10.3. The number of halogens is 1. The van der Waals surface area contributed by atoms with Gasteiger partial charge in [-0.25, -0.2) is 0 Å². The molecule has 0 aromatic heterocycles. The Bertz CT molecular complexity index is 275. The van der Waals surface area contributed by atoms with Gasteiger partial charge in [0.25, 0.3) is 0 Å². The van der Waals surface area contributed by atoms with Crippen LogP contribution >= 0.6 is 11.6 Å². The SMILES string of the molecule is CC(C)(Cl)C1C=C/C(=C/C#N)CC1. The predicted octanol–water partition coefficient (Wildman–Crippen LogP) is 3.42. The van der Waals surface area contributed by atoms with Crippen molar-refractivity contribution in [3.63, 3.8) is 0 Å². The number of nitriles is 1. The molecule has 1 aliphatic rings. The van der Waals surface area contributed by atoms with Crippen molar-refractivity contribution in [1.29, 1.82) is 5.26 Å². The Morgan fingerprint density at radius 3 is 2.77 bits per heavy atom. The zero-order valence-corrected chi connectivity index (χ0v) is 8.80. The van der Waals surface area contributed by atoms with E-state index in [-0.39, 0.29) is 4.87 Å². The summed E-state index contributed by atoms with van der Waals surface area (Å²) < 4.78 is 0. The van der Waals surface area contributed by atoms with Gasteiger partial charge in [-0.2, -0.15) is 5.26 Å². The zero-order valence-electron chi connectivity index (χ0n) is 8.05. The smallest absolute Gasteiger partial charge is 0.0914 e. The number of allylic oxidation sites excluding steroid dienone is 4. The summed E-state index contributed by atoms with van der Waals surface area (Å²) >= 11 is 6.20. The molecule has 0 N–H and O–H groups in total. The lowest BCUT2D eigenvalue weighted by Crippen LogP contribution is -2.24. The molecule has 0 heterocycles. The number of alkyl halides is 1. The van der Waals surface area contributed by atoms with Crippen LogP contribution < -0.4 is 0 Å². The predicted molar refractivity (Wildman–Crippen MR) is 55.5 cm³/mol. The van der Waals surface area contributed by atoms with E-state index in [9.17, 15) is 0 Å². The molecule has 70 valence electrons. The lowest BCUT2D eigenvalue weighted by molar-refractivity contribution is 0.460. The summed E-state index contributed by atoms with van der Waals surface area (Å²) in [5.74, 6) is 0.421. The third-order valence-corrected chi connectivity index (χ3v) is 2.70. The normalized spacial score (nSPS) is 26.0. The van der Waals surface area contributed by atoms with Crippen LogP contribution in [0.3, 0.4) is 0 Å². The summed E-state index contributed by atoms with van der Waals surface area (Å²) in [6.07, 6.45) is 7.74. The topological polar surface area (TPSA) is 23.8 Å². The molecule has 1 rings (SSSR count). The molecule has 0 spiro atoms. The number of hydrogen-bond donors (Lipinski definition) is 0. The van der Waals surface area contributed by atoms with Crippen molar-refractivity contribution in [2.75, 3.05) is 0 Å². The van der Waals surface area contributed by atoms with Crippen molar-refractivity contribution in [3.05, 3.63) is 23.8 Å². The number of hydrogen-bond acceptors (Lipinski definition) is 1. The van der Waals surface area contributed by atoms with Gasteiger partial charge in [0.1, 0.15) is 0 Å². The average Bonchev–Trinajstić information content (AvgIpc) is 2.04. The third kappa shape index (κ3) is 2.90. The molecule has 1 atom stereocenters. The minimum Gasteiger partial charge on any atom is -0.193 e. The second-order valence-electron chi connectivity index (χ2n) is 3.92. The maximum atomic E-state index is 8.46. The molecule has 0 saturated carbocycles. The van der Waals surface area contributed by atoms with Crippen molar-refractivity contribution >= 4 is 11.6 Å². The van der Waals surface area contributed by atoms with Crippen LogP contribution in [0.25, 0.3) is 0 Å². The maximum Gasteiger partial charge on any atom is 0.0914 e. The van der Waals surface area contributed by atoms with E-state index >= 15 is 0 Å². The molecule has 0 amide bonds. The van der Waals surface area contributed by atoms with Crippen LogP contribution in [0.4, 0.5) is 0 Å². The van der Waals surface area contributed by atoms with Crippen molar-refractivity contribution in [2.24, 2.45) is 5.92 Å². The van der Waals surface area contributed by atoms with Gasteiger partial charge in [0, 0.05) is 11.0 Å². The lowest BCUT2D eigenvalue weighted by atomic mass is 9.84. The summed E-state index contributed by atoms with van der Waals surface area (Å²) in [6, 6.07) is 2.04. The van der Waals surface area contributed by atoms with E-state index in [0.29, 0.717) is 5.92 Å². The fraction of sp³-hybridized carbons (Fsp3) is 0.545. The first-order valence-electron chi connectivity index (χ1n) is 4.50. The van der Waals surface area contributed by atoms with Gasteiger partial charge < -0.3 is 0 Å². The Hall–Kier alpha value is -0.740. The van der Waals surface area contributed by atoms with Crippen molar-refractivity contribution in [3.8, 4) is 6.07 Å². The van der Waals surface area contributed by atoms with E-state index in [1.807, 2.05) is 26.0 Å². The van der Waals surface area contributed by atoms with Gasteiger partial charge in [-0.1, -0.05) is 12.2 Å². The summed E-state index contributed by atoms with van der Waals surface area (Å²) in [5.41, 5.74) is 1.11. The van der Waals surface area contributed by atoms with Gasteiger partial charge in [0.05, 0.1) is 6.07 Å².